The molecule has 1 aromatic carbocycles. The third-order valence-electron chi connectivity index (χ3n) is 3.06. The Hall–Kier alpha value is -1.88. The average molecular weight is 304 g/mol. The fourth-order valence-electron chi connectivity index (χ4n) is 2.14. The summed E-state index contributed by atoms with van der Waals surface area (Å²) in [6.45, 7) is 6.96. The second-order valence-electron chi connectivity index (χ2n) is 4.69. The molecule has 2 rings (SSSR count). The quantitative estimate of drug-likeness (QED) is 0.892. The molecule has 0 saturated carbocycles. The molecule has 0 aliphatic carbocycles. The number of hydrogen-bond acceptors (Lipinski definition) is 4. The largest absolute Gasteiger partial charge is 0.494 e. The van der Waals surface area contributed by atoms with Gasteiger partial charge in [0.25, 0.3) is 5.91 Å². The molecule has 1 aromatic heterocycles. The van der Waals surface area contributed by atoms with Crippen LogP contribution in [0.4, 0.5) is 0 Å². The number of hydrogen-bond donors (Lipinski definition) is 1. The van der Waals surface area contributed by atoms with Gasteiger partial charge in [0.15, 0.2) is 0 Å². The fraction of sp³-hybridized carbons (Fsp3) is 0.375. The molecule has 0 radical (unpaired) electrons. The molecular weight excluding hydrogens is 284 g/mol. The number of carbonyl (C=O) groups is 1. The molecule has 0 aliphatic rings. The second kappa shape index (κ2) is 7.22. The summed E-state index contributed by atoms with van der Waals surface area (Å²) in [6.07, 6.45) is 0.749. The van der Waals surface area contributed by atoms with Crippen LogP contribution in [-0.2, 0) is 6.42 Å². The van der Waals surface area contributed by atoms with Crippen LogP contribution in [0.5, 0.6) is 5.75 Å². The summed E-state index contributed by atoms with van der Waals surface area (Å²) in [7, 11) is 0. The number of nitrogens with zero attached hydrogens (tertiary/aromatic N) is 1. The van der Waals surface area contributed by atoms with Crippen LogP contribution in [0, 0.1) is 13.8 Å². The van der Waals surface area contributed by atoms with Crippen LogP contribution in [0.25, 0.3) is 0 Å². The molecule has 0 saturated heterocycles. The summed E-state index contributed by atoms with van der Waals surface area (Å²) in [4.78, 5) is 17.1. The van der Waals surface area contributed by atoms with E-state index >= 15 is 0 Å². The lowest BCUT2D eigenvalue weighted by Gasteiger charge is -2.10. The van der Waals surface area contributed by atoms with Crippen LogP contribution in [0.15, 0.2) is 24.3 Å². The highest BCUT2D eigenvalue weighted by Crippen LogP contribution is 2.19. The SMILES string of the molecule is CCOc1ccccc1CCNC(=O)c1sc(C)nc1C. The fourth-order valence-corrected chi connectivity index (χ4v) is 2.98. The number of aromatic nitrogens is 1. The Bertz CT molecular complexity index is 622. The van der Waals surface area contributed by atoms with E-state index in [2.05, 4.69) is 10.3 Å². The van der Waals surface area contributed by atoms with Gasteiger partial charge in [-0.3, -0.25) is 4.79 Å². The van der Waals surface area contributed by atoms with Gasteiger partial charge in [0.1, 0.15) is 10.6 Å². The van der Waals surface area contributed by atoms with Crippen molar-refractivity contribution in [3.8, 4) is 5.75 Å². The molecule has 21 heavy (non-hydrogen) atoms. The highest BCUT2D eigenvalue weighted by atomic mass is 32.1. The van der Waals surface area contributed by atoms with E-state index in [1.54, 1.807) is 0 Å². The number of nitrogens with one attached hydrogen (secondary N) is 1. The van der Waals surface area contributed by atoms with Crippen molar-refractivity contribution in [1.82, 2.24) is 10.3 Å². The molecule has 112 valence electrons. The van der Waals surface area contributed by atoms with E-state index in [-0.39, 0.29) is 5.91 Å². The van der Waals surface area contributed by atoms with Gasteiger partial charge in [0.2, 0.25) is 0 Å². The van der Waals surface area contributed by atoms with Gasteiger partial charge in [0, 0.05) is 6.54 Å². The maximum atomic E-state index is 12.1. The molecule has 0 atom stereocenters. The number of para-hydroxylation sites is 1. The number of ether oxygens (including phenoxy) is 1. The summed E-state index contributed by atoms with van der Waals surface area (Å²) in [5.74, 6) is 0.839. The maximum absolute atomic E-state index is 12.1. The molecule has 0 aliphatic heterocycles. The molecule has 0 unspecified atom stereocenters. The maximum Gasteiger partial charge on any atom is 0.263 e. The number of amides is 1. The van der Waals surface area contributed by atoms with E-state index in [1.807, 2.05) is 45.0 Å². The van der Waals surface area contributed by atoms with Crippen molar-refractivity contribution < 1.29 is 9.53 Å². The molecule has 1 N–H and O–H groups in total. The van der Waals surface area contributed by atoms with Crippen LogP contribution in [-0.4, -0.2) is 24.0 Å². The molecule has 1 heterocycles. The number of carbonyl (C=O) groups excluding carboxylic acids is 1. The Morgan fingerprint density at radius 1 is 1.33 bits per heavy atom. The minimum absolute atomic E-state index is 0.0491. The smallest absolute Gasteiger partial charge is 0.263 e. The Labute approximate surface area is 129 Å². The van der Waals surface area contributed by atoms with Gasteiger partial charge in [-0.25, -0.2) is 4.98 Å². The van der Waals surface area contributed by atoms with Crippen LogP contribution in [0.3, 0.4) is 0 Å². The van der Waals surface area contributed by atoms with Crippen LogP contribution >= 0.6 is 11.3 Å². The molecule has 0 fully saturated rings. The van der Waals surface area contributed by atoms with E-state index in [9.17, 15) is 4.79 Å². The van der Waals surface area contributed by atoms with Gasteiger partial charge >= 0.3 is 0 Å². The van der Waals surface area contributed by atoms with Gasteiger partial charge in [-0.15, -0.1) is 11.3 Å². The van der Waals surface area contributed by atoms with Crippen LogP contribution in [0.2, 0.25) is 0 Å². The highest BCUT2D eigenvalue weighted by Gasteiger charge is 2.13. The van der Waals surface area contributed by atoms with E-state index in [0.29, 0.717) is 18.0 Å². The Morgan fingerprint density at radius 3 is 2.76 bits per heavy atom. The van der Waals surface area contributed by atoms with Crippen molar-refractivity contribution in [3.05, 3.63) is 45.4 Å². The first-order chi connectivity index (χ1) is 10.1. The van der Waals surface area contributed by atoms with Crippen molar-refractivity contribution >= 4 is 17.2 Å². The molecule has 4 nitrogen and oxygen atoms in total. The molecule has 5 heteroatoms. The first-order valence-corrected chi connectivity index (χ1v) is 7.86. The van der Waals surface area contributed by atoms with Gasteiger partial charge < -0.3 is 10.1 Å². The minimum Gasteiger partial charge on any atom is -0.494 e. The first-order valence-electron chi connectivity index (χ1n) is 7.04. The third kappa shape index (κ3) is 4.04. The van der Waals surface area contributed by atoms with Crippen molar-refractivity contribution in [2.24, 2.45) is 0 Å². The first kappa shape index (κ1) is 15.5. The summed E-state index contributed by atoms with van der Waals surface area (Å²) in [5, 5.41) is 3.86. The topological polar surface area (TPSA) is 51.2 Å². The standard InChI is InChI=1S/C16H20N2O2S/c1-4-20-14-8-6-5-7-13(14)9-10-17-16(19)15-11(2)18-12(3)21-15/h5-8H,4,9-10H2,1-3H3,(H,17,19). The highest BCUT2D eigenvalue weighted by molar-refractivity contribution is 7.13. The zero-order valence-corrected chi connectivity index (χ0v) is 13.4. The number of aryl methyl sites for hydroxylation is 2. The molecule has 1 amide bonds. The molecular formula is C16H20N2O2S. The zero-order chi connectivity index (χ0) is 15.2. The van der Waals surface area contributed by atoms with Gasteiger partial charge in [-0.1, -0.05) is 18.2 Å². The molecule has 0 bridgehead atoms. The van der Waals surface area contributed by atoms with Crippen molar-refractivity contribution in [1.29, 1.82) is 0 Å². The third-order valence-corrected chi connectivity index (χ3v) is 4.13. The normalized spacial score (nSPS) is 10.4. The minimum atomic E-state index is -0.0491. The predicted octanol–water partition coefficient (Wildman–Crippen LogP) is 3.13. The Balaban J connectivity index is 1.92. The van der Waals surface area contributed by atoms with E-state index in [0.717, 1.165) is 28.4 Å². The van der Waals surface area contributed by atoms with Crippen molar-refractivity contribution in [3.63, 3.8) is 0 Å². The number of rotatable bonds is 6. The van der Waals surface area contributed by atoms with E-state index < -0.39 is 0 Å². The van der Waals surface area contributed by atoms with E-state index in [1.165, 1.54) is 11.3 Å². The molecule has 0 spiro atoms. The zero-order valence-electron chi connectivity index (χ0n) is 12.6. The van der Waals surface area contributed by atoms with Crippen molar-refractivity contribution in [2.75, 3.05) is 13.2 Å². The van der Waals surface area contributed by atoms with Gasteiger partial charge in [-0.2, -0.15) is 0 Å². The van der Waals surface area contributed by atoms with Crippen LogP contribution < -0.4 is 10.1 Å². The van der Waals surface area contributed by atoms with E-state index in [4.69, 9.17) is 4.74 Å². The van der Waals surface area contributed by atoms with Crippen molar-refractivity contribution in [2.45, 2.75) is 27.2 Å². The van der Waals surface area contributed by atoms with Gasteiger partial charge in [0.05, 0.1) is 17.3 Å². The average Bonchev–Trinajstić information content (AvgIpc) is 2.80. The summed E-state index contributed by atoms with van der Waals surface area (Å²) >= 11 is 1.43. The van der Waals surface area contributed by atoms with Crippen LogP contribution in [0.1, 0.15) is 32.9 Å². The Kier molecular flexibility index (Phi) is 5.33. The lowest BCUT2D eigenvalue weighted by atomic mass is 10.1. The summed E-state index contributed by atoms with van der Waals surface area (Å²) < 4.78 is 5.58. The summed E-state index contributed by atoms with van der Waals surface area (Å²) in [5.41, 5.74) is 1.90. The lowest BCUT2D eigenvalue weighted by molar-refractivity contribution is 0.0957. The number of thiazole rings is 1. The monoisotopic (exact) mass is 304 g/mol. The second-order valence-corrected chi connectivity index (χ2v) is 5.90. The molecule has 2 aromatic rings. The van der Waals surface area contributed by atoms with Gasteiger partial charge in [-0.05, 0) is 38.8 Å². The lowest BCUT2D eigenvalue weighted by Crippen LogP contribution is -2.25. The summed E-state index contributed by atoms with van der Waals surface area (Å²) in [6, 6.07) is 7.92. The number of benzene rings is 1. The predicted molar refractivity (Wildman–Crippen MR) is 85.2 cm³/mol. The Morgan fingerprint density at radius 2 is 2.10 bits per heavy atom.